The minimum Gasteiger partial charge on any atom is -0.286 e. The van der Waals surface area contributed by atoms with Gasteiger partial charge in [0.25, 0.3) is 5.91 Å². The van der Waals surface area contributed by atoms with Crippen LogP contribution in [0.5, 0.6) is 0 Å². The second kappa shape index (κ2) is 7.49. The molecule has 1 heterocycles. The highest BCUT2D eigenvalue weighted by Gasteiger charge is 2.20. The third kappa shape index (κ3) is 3.50. The molecule has 0 radical (unpaired) electrons. The number of hydrogen-bond donors (Lipinski definition) is 1. The number of carbonyl (C=O) groups excluding carboxylic acids is 1. The number of rotatable bonds is 4. The molecule has 0 unspecified atom stereocenters. The predicted octanol–water partition coefficient (Wildman–Crippen LogP) is 4.46. The molecular formula is C25H21N3O. The molecule has 1 N–H and O–H groups in total. The van der Waals surface area contributed by atoms with Crippen LogP contribution >= 0.6 is 0 Å². The second-order valence-corrected chi connectivity index (χ2v) is 7.44. The molecule has 0 saturated carbocycles. The molecule has 1 aliphatic rings. The van der Waals surface area contributed by atoms with Crippen LogP contribution in [0.25, 0.3) is 21.5 Å². The molecule has 5 rings (SSSR count). The van der Waals surface area contributed by atoms with Crippen molar-refractivity contribution in [1.82, 2.24) is 10.3 Å². The molecule has 1 aliphatic heterocycles. The van der Waals surface area contributed by atoms with Gasteiger partial charge in [0, 0.05) is 18.7 Å². The Morgan fingerprint density at radius 2 is 1.41 bits per heavy atom. The van der Waals surface area contributed by atoms with E-state index in [-0.39, 0.29) is 5.91 Å². The third-order valence-corrected chi connectivity index (χ3v) is 5.47. The van der Waals surface area contributed by atoms with Gasteiger partial charge in [-0.25, -0.2) is 5.43 Å². The van der Waals surface area contributed by atoms with E-state index in [2.05, 4.69) is 57.9 Å². The molecule has 0 aliphatic carbocycles. The lowest BCUT2D eigenvalue weighted by Crippen LogP contribution is -2.32. The Morgan fingerprint density at radius 1 is 0.862 bits per heavy atom. The van der Waals surface area contributed by atoms with Crippen molar-refractivity contribution in [3.63, 3.8) is 0 Å². The SMILES string of the molecule is O=C(CN1Cc2ccccc2C1)N/N=C\c1c2ccccc2cc2ccccc12. The number of carbonyl (C=O) groups is 1. The maximum Gasteiger partial charge on any atom is 0.254 e. The molecule has 4 aromatic rings. The van der Waals surface area contributed by atoms with E-state index >= 15 is 0 Å². The standard InChI is InChI=1S/C25H21N3O/c29-25(17-28-15-20-9-1-2-10-21(20)16-28)27-26-14-24-22-11-5-3-7-18(22)13-19-8-4-6-12-23(19)24/h1-14H,15-17H2,(H,27,29)/b26-14-. The summed E-state index contributed by atoms with van der Waals surface area (Å²) in [6, 6.07) is 27.0. The first-order valence-corrected chi connectivity index (χ1v) is 9.79. The van der Waals surface area contributed by atoms with Gasteiger partial charge >= 0.3 is 0 Å². The monoisotopic (exact) mass is 379 g/mol. The third-order valence-electron chi connectivity index (χ3n) is 5.47. The summed E-state index contributed by atoms with van der Waals surface area (Å²) in [6.45, 7) is 1.95. The molecule has 0 saturated heterocycles. The van der Waals surface area contributed by atoms with Crippen LogP contribution in [0.4, 0.5) is 0 Å². The van der Waals surface area contributed by atoms with E-state index in [9.17, 15) is 4.79 Å². The quantitative estimate of drug-likeness (QED) is 0.323. The lowest BCUT2D eigenvalue weighted by molar-refractivity contribution is -0.122. The number of fused-ring (bicyclic) bond motifs is 3. The van der Waals surface area contributed by atoms with Crippen LogP contribution in [0.3, 0.4) is 0 Å². The highest BCUT2D eigenvalue weighted by Crippen LogP contribution is 2.27. The molecule has 4 nitrogen and oxygen atoms in total. The number of hydrazone groups is 1. The van der Waals surface area contributed by atoms with Crippen LogP contribution in [-0.4, -0.2) is 23.6 Å². The van der Waals surface area contributed by atoms with Crippen molar-refractivity contribution in [1.29, 1.82) is 0 Å². The molecule has 0 atom stereocenters. The Balaban J connectivity index is 1.34. The van der Waals surface area contributed by atoms with E-state index in [1.165, 1.54) is 11.1 Å². The van der Waals surface area contributed by atoms with Gasteiger partial charge in [0.05, 0.1) is 12.8 Å². The molecule has 4 heteroatoms. The summed E-state index contributed by atoms with van der Waals surface area (Å²) in [4.78, 5) is 14.5. The average molecular weight is 379 g/mol. The molecule has 4 aromatic carbocycles. The van der Waals surface area contributed by atoms with Gasteiger partial charge in [-0.15, -0.1) is 0 Å². The molecule has 0 bridgehead atoms. The molecule has 29 heavy (non-hydrogen) atoms. The average Bonchev–Trinajstić information content (AvgIpc) is 3.15. The van der Waals surface area contributed by atoms with Gasteiger partial charge in [0.15, 0.2) is 0 Å². The van der Waals surface area contributed by atoms with Gasteiger partial charge in [0.1, 0.15) is 0 Å². The highest BCUT2D eigenvalue weighted by molar-refractivity contribution is 6.13. The van der Waals surface area contributed by atoms with Crippen LogP contribution in [-0.2, 0) is 17.9 Å². The highest BCUT2D eigenvalue weighted by atomic mass is 16.2. The van der Waals surface area contributed by atoms with E-state index < -0.39 is 0 Å². The number of nitrogens with one attached hydrogen (secondary N) is 1. The Kier molecular flexibility index (Phi) is 4.54. The lowest BCUT2D eigenvalue weighted by atomic mass is 9.97. The van der Waals surface area contributed by atoms with Crippen molar-refractivity contribution in [2.45, 2.75) is 13.1 Å². The van der Waals surface area contributed by atoms with Gasteiger partial charge in [0.2, 0.25) is 0 Å². The van der Waals surface area contributed by atoms with Gasteiger partial charge < -0.3 is 0 Å². The molecular weight excluding hydrogens is 358 g/mol. The molecule has 0 fully saturated rings. The molecule has 142 valence electrons. The van der Waals surface area contributed by atoms with Crippen molar-refractivity contribution in [2.75, 3.05) is 6.54 Å². The largest absolute Gasteiger partial charge is 0.286 e. The van der Waals surface area contributed by atoms with Gasteiger partial charge in [-0.1, -0.05) is 72.8 Å². The van der Waals surface area contributed by atoms with Crippen LogP contribution in [0.1, 0.15) is 16.7 Å². The fraction of sp³-hybridized carbons (Fsp3) is 0.120. The van der Waals surface area contributed by atoms with Crippen LogP contribution < -0.4 is 5.43 Å². The zero-order valence-electron chi connectivity index (χ0n) is 16.0. The lowest BCUT2D eigenvalue weighted by Gasteiger charge is -2.13. The Labute approximate surface area is 169 Å². The summed E-state index contributed by atoms with van der Waals surface area (Å²) in [6.07, 6.45) is 1.77. The van der Waals surface area contributed by atoms with Gasteiger partial charge in [-0.2, -0.15) is 5.10 Å². The number of amides is 1. The zero-order valence-corrected chi connectivity index (χ0v) is 16.0. The first-order chi connectivity index (χ1) is 14.3. The van der Waals surface area contributed by atoms with E-state index in [0.717, 1.165) is 40.2 Å². The first-order valence-electron chi connectivity index (χ1n) is 9.79. The summed E-state index contributed by atoms with van der Waals surface area (Å²) >= 11 is 0. The molecule has 1 amide bonds. The summed E-state index contributed by atoms with van der Waals surface area (Å²) in [7, 11) is 0. The second-order valence-electron chi connectivity index (χ2n) is 7.44. The Bertz CT molecular complexity index is 1170. The fourth-order valence-electron chi connectivity index (χ4n) is 4.11. The number of hydrogen-bond acceptors (Lipinski definition) is 3. The van der Waals surface area contributed by atoms with Crippen LogP contribution in [0.15, 0.2) is 84.0 Å². The topological polar surface area (TPSA) is 44.7 Å². The maximum absolute atomic E-state index is 12.4. The van der Waals surface area contributed by atoms with Crippen molar-refractivity contribution in [2.24, 2.45) is 5.10 Å². The van der Waals surface area contributed by atoms with Crippen LogP contribution in [0, 0.1) is 0 Å². The minimum absolute atomic E-state index is 0.0985. The molecule has 0 aromatic heterocycles. The maximum atomic E-state index is 12.4. The summed E-state index contributed by atoms with van der Waals surface area (Å²) in [5.41, 5.74) is 6.32. The van der Waals surface area contributed by atoms with Crippen LogP contribution in [0.2, 0.25) is 0 Å². The summed E-state index contributed by atoms with van der Waals surface area (Å²) < 4.78 is 0. The Hall–Kier alpha value is -3.50. The Morgan fingerprint density at radius 3 is 2.03 bits per heavy atom. The number of nitrogens with zero attached hydrogens (tertiary/aromatic N) is 2. The van der Waals surface area contributed by atoms with E-state index in [1.807, 2.05) is 36.4 Å². The van der Waals surface area contributed by atoms with Crippen molar-refractivity contribution >= 4 is 33.7 Å². The van der Waals surface area contributed by atoms with Gasteiger partial charge in [-0.3, -0.25) is 9.69 Å². The van der Waals surface area contributed by atoms with Crippen molar-refractivity contribution in [3.05, 3.63) is 95.6 Å². The van der Waals surface area contributed by atoms with Gasteiger partial charge in [-0.05, 0) is 38.7 Å². The minimum atomic E-state index is -0.0985. The van der Waals surface area contributed by atoms with Crippen molar-refractivity contribution in [3.8, 4) is 0 Å². The summed E-state index contributed by atoms with van der Waals surface area (Å²) in [5, 5.41) is 8.85. The number of benzene rings is 4. The smallest absolute Gasteiger partial charge is 0.254 e. The normalized spacial score (nSPS) is 13.9. The fourth-order valence-corrected chi connectivity index (χ4v) is 4.11. The zero-order chi connectivity index (χ0) is 19.6. The predicted molar refractivity (Wildman–Crippen MR) is 118 cm³/mol. The first kappa shape index (κ1) is 17.6. The van der Waals surface area contributed by atoms with Crippen molar-refractivity contribution < 1.29 is 4.79 Å². The molecule has 0 spiro atoms. The summed E-state index contributed by atoms with van der Waals surface area (Å²) in [5.74, 6) is -0.0985. The van der Waals surface area contributed by atoms with E-state index in [4.69, 9.17) is 0 Å². The van der Waals surface area contributed by atoms with E-state index in [0.29, 0.717) is 6.54 Å². The van der Waals surface area contributed by atoms with E-state index in [1.54, 1.807) is 6.21 Å².